The number of benzene rings is 1. The van der Waals surface area contributed by atoms with Gasteiger partial charge in [0.05, 0.1) is 7.11 Å². The average molecular weight is 371 g/mol. The SMILES string of the molecule is COc1cccc(-c2cc(C(=O)N[C@@H](C(=O)N3CCCC3)C(C)C)no2)c1. The monoisotopic (exact) mass is 371 g/mol. The van der Waals surface area contributed by atoms with Gasteiger partial charge in [-0.2, -0.15) is 0 Å². The van der Waals surface area contributed by atoms with Crippen molar-refractivity contribution in [3.8, 4) is 17.1 Å². The second-order valence-electron chi connectivity index (χ2n) is 7.04. The summed E-state index contributed by atoms with van der Waals surface area (Å²) in [5, 5.41) is 6.68. The van der Waals surface area contributed by atoms with E-state index in [9.17, 15) is 9.59 Å². The molecule has 1 aromatic carbocycles. The molecular weight excluding hydrogens is 346 g/mol. The molecule has 2 heterocycles. The van der Waals surface area contributed by atoms with Crippen molar-refractivity contribution in [3.63, 3.8) is 0 Å². The van der Waals surface area contributed by atoms with Gasteiger partial charge in [0.25, 0.3) is 5.91 Å². The first-order valence-corrected chi connectivity index (χ1v) is 9.20. The van der Waals surface area contributed by atoms with Gasteiger partial charge in [-0.15, -0.1) is 0 Å². The van der Waals surface area contributed by atoms with E-state index in [1.807, 2.05) is 36.9 Å². The van der Waals surface area contributed by atoms with E-state index >= 15 is 0 Å². The molecule has 1 aromatic heterocycles. The third-order valence-corrected chi connectivity index (χ3v) is 4.73. The van der Waals surface area contributed by atoms with Gasteiger partial charge in [-0.25, -0.2) is 0 Å². The maximum atomic E-state index is 12.7. The summed E-state index contributed by atoms with van der Waals surface area (Å²) in [6.07, 6.45) is 2.02. The van der Waals surface area contributed by atoms with E-state index in [0.717, 1.165) is 31.5 Å². The number of likely N-dealkylation sites (tertiary alicyclic amines) is 1. The number of amides is 2. The van der Waals surface area contributed by atoms with Gasteiger partial charge in [0.1, 0.15) is 11.8 Å². The maximum Gasteiger partial charge on any atom is 0.274 e. The Morgan fingerprint density at radius 1 is 1.22 bits per heavy atom. The maximum absolute atomic E-state index is 12.7. The highest BCUT2D eigenvalue weighted by molar-refractivity contribution is 5.96. The van der Waals surface area contributed by atoms with E-state index in [1.54, 1.807) is 19.2 Å². The van der Waals surface area contributed by atoms with Gasteiger partial charge in [0.2, 0.25) is 5.91 Å². The lowest BCUT2D eigenvalue weighted by Gasteiger charge is -2.26. The Hall–Kier alpha value is -2.83. The normalized spacial score (nSPS) is 15.0. The van der Waals surface area contributed by atoms with Crippen molar-refractivity contribution >= 4 is 11.8 Å². The predicted octanol–water partition coefficient (Wildman–Crippen LogP) is 2.73. The average Bonchev–Trinajstić information content (AvgIpc) is 3.37. The fourth-order valence-corrected chi connectivity index (χ4v) is 3.16. The first kappa shape index (κ1) is 18.9. The van der Waals surface area contributed by atoms with Crippen LogP contribution in [0.25, 0.3) is 11.3 Å². The van der Waals surface area contributed by atoms with Gasteiger partial charge >= 0.3 is 0 Å². The summed E-state index contributed by atoms with van der Waals surface area (Å²) in [6, 6.07) is 8.30. The number of rotatable bonds is 6. The molecule has 1 atom stereocenters. The molecule has 27 heavy (non-hydrogen) atoms. The van der Waals surface area contributed by atoms with E-state index in [1.165, 1.54) is 0 Å². The van der Waals surface area contributed by atoms with Gasteiger partial charge in [0.15, 0.2) is 11.5 Å². The number of carbonyl (C=O) groups excluding carboxylic acids is 2. The lowest BCUT2D eigenvalue weighted by molar-refractivity contribution is -0.133. The number of ether oxygens (including phenoxy) is 1. The molecule has 0 unspecified atom stereocenters. The van der Waals surface area contributed by atoms with Crippen LogP contribution in [0.15, 0.2) is 34.9 Å². The quantitative estimate of drug-likeness (QED) is 0.844. The van der Waals surface area contributed by atoms with Crippen LogP contribution in [0.1, 0.15) is 37.2 Å². The highest BCUT2D eigenvalue weighted by atomic mass is 16.5. The zero-order valence-electron chi connectivity index (χ0n) is 15.9. The van der Waals surface area contributed by atoms with E-state index in [4.69, 9.17) is 9.26 Å². The molecule has 0 bridgehead atoms. The molecule has 0 aliphatic carbocycles. The standard InChI is InChI=1S/C20H25N3O4/c1-13(2)18(20(25)23-9-4-5-10-23)21-19(24)16-12-17(27-22-16)14-7-6-8-15(11-14)26-3/h6-8,11-13,18H,4-5,9-10H2,1-3H3,(H,21,24)/t18-/m1/s1. The van der Waals surface area contributed by atoms with Crippen molar-refractivity contribution in [2.75, 3.05) is 20.2 Å². The summed E-state index contributed by atoms with van der Waals surface area (Å²) in [5.41, 5.74) is 0.905. The van der Waals surface area contributed by atoms with Crippen LogP contribution >= 0.6 is 0 Å². The molecule has 0 spiro atoms. The van der Waals surface area contributed by atoms with Crippen LogP contribution in [0.4, 0.5) is 0 Å². The number of hydrogen-bond acceptors (Lipinski definition) is 5. The third-order valence-electron chi connectivity index (χ3n) is 4.73. The summed E-state index contributed by atoms with van der Waals surface area (Å²) in [4.78, 5) is 27.1. The fourth-order valence-electron chi connectivity index (χ4n) is 3.16. The van der Waals surface area contributed by atoms with Gasteiger partial charge in [-0.3, -0.25) is 9.59 Å². The van der Waals surface area contributed by atoms with Crippen LogP contribution < -0.4 is 10.1 Å². The molecule has 144 valence electrons. The van der Waals surface area contributed by atoms with Crippen molar-refractivity contribution in [1.29, 1.82) is 0 Å². The second kappa shape index (κ2) is 8.24. The molecule has 2 amide bonds. The lowest BCUT2D eigenvalue weighted by atomic mass is 10.0. The van der Waals surface area contributed by atoms with Crippen LogP contribution in [-0.2, 0) is 4.79 Å². The van der Waals surface area contributed by atoms with Crippen LogP contribution in [0.3, 0.4) is 0 Å². The number of nitrogens with zero attached hydrogens (tertiary/aromatic N) is 2. The second-order valence-corrected chi connectivity index (χ2v) is 7.04. The van der Waals surface area contributed by atoms with Crippen LogP contribution in [0.5, 0.6) is 5.75 Å². The molecular formula is C20H25N3O4. The van der Waals surface area contributed by atoms with Gasteiger partial charge in [0, 0.05) is 24.7 Å². The number of nitrogens with one attached hydrogen (secondary N) is 1. The Morgan fingerprint density at radius 2 is 1.96 bits per heavy atom. The molecule has 1 aliphatic heterocycles. The Labute approximate surface area is 158 Å². The van der Waals surface area contributed by atoms with E-state index < -0.39 is 11.9 Å². The highest BCUT2D eigenvalue weighted by Gasteiger charge is 2.31. The molecule has 1 saturated heterocycles. The molecule has 1 aliphatic rings. The third kappa shape index (κ3) is 4.30. The topological polar surface area (TPSA) is 84.7 Å². The smallest absolute Gasteiger partial charge is 0.274 e. The minimum absolute atomic E-state index is 0.0215. The Kier molecular flexibility index (Phi) is 5.78. The molecule has 3 rings (SSSR count). The zero-order chi connectivity index (χ0) is 19.4. The fraction of sp³-hybridized carbons (Fsp3) is 0.450. The molecule has 1 fully saturated rings. The van der Waals surface area contributed by atoms with Gasteiger partial charge in [-0.1, -0.05) is 31.1 Å². The largest absolute Gasteiger partial charge is 0.497 e. The van der Waals surface area contributed by atoms with E-state index in [2.05, 4.69) is 10.5 Å². The van der Waals surface area contributed by atoms with Crippen molar-refractivity contribution in [2.45, 2.75) is 32.7 Å². The Balaban J connectivity index is 1.73. The molecule has 0 radical (unpaired) electrons. The van der Waals surface area contributed by atoms with Gasteiger partial charge < -0.3 is 19.5 Å². The van der Waals surface area contributed by atoms with Crippen molar-refractivity contribution in [3.05, 3.63) is 36.0 Å². The van der Waals surface area contributed by atoms with Crippen LogP contribution in [-0.4, -0.2) is 48.1 Å². The first-order chi connectivity index (χ1) is 13.0. The van der Waals surface area contributed by atoms with Crippen LogP contribution in [0, 0.1) is 5.92 Å². The van der Waals surface area contributed by atoms with Crippen molar-refractivity contribution in [2.24, 2.45) is 5.92 Å². The van der Waals surface area contributed by atoms with E-state index in [0.29, 0.717) is 11.5 Å². The van der Waals surface area contributed by atoms with Crippen molar-refractivity contribution < 1.29 is 18.8 Å². The molecule has 0 saturated carbocycles. The lowest BCUT2D eigenvalue weighted by Crippen LogP contribution is -2.50. The Morgan fingerprint density at radius 3 is 2.63 bits per heavy atom. The molecule has 7 nitrogen and oxygen atoms in total. The summed E-state index contributed by atoms with van der Waals surface area (Å²) in [6.45, 7) is 5.34. The minimum atomic E-state index is -0.576. The molecule has 7 heteroatoms. The first-order valence-electron chi connectivity index (χ1n) is 9.20. The van der Waals surface area contributed by atoms with Crippen LogP contribution in [0.2, 0.25) is 0 Å². The Bertz CT molecular complexity index is 809. The highest BCUT2D eigenvalue weighted by Crippen LogP contribution is 2.24. The van der Waals surface area contributed by atoms with Gasteiger partial charge in [-0.05, 0) is 30.9 Å². The predicted molar refractivity (Wildman–Crippen MR) is 100 cm³/mol. The molecule has 2 aromatic rings. The summed E-state index contributed by atoms with van der Waals surface area (Å²) >= 11 is 0. The summed E-state index contributed by atoms with van der Waals surface area (Å²) < 4.78 is 10.5. The van der Waals surface area contributed by atoms with E-state index in [-0.39, 0.29) is 17.5 Å². The zero-order valence-corrected chi connectivity index (χ0v) is 15.9. The number of carbonyl (C=O) groups is 2. The van der Waals surface area contributed by atoms with Crippen molar-refractivity contribution in [1.82, 2.24) is 15.4 Å². The summed E-state index contributed by atoms with van der Waals surface area (Å²) in [7, 11) is 1.59. The number of methoxy groups -OCH3 is 1. The number of hydrogen-bond donors (Lipinski definition) is 1. The molecule has 1 N–H and O–H groups in total. The number of aromatic nitrogens is 1. The summed E-state index contributed by atoms with van der Waals surface area (Å²) in [5.74, 6) is 0.676. The minimum Gasteiger partial charge on any atom is -0.497 e.